The summed E-state index contributed by atoms with van der Waals surface area (Å²) in [5.74, 6) is 0.208. The average molecular weight is 302 g/mol. The zero-order valence-electron chi connectivity index (χ0n) is 11.9. The predicted octanol–water partition coefficient (Wildman–Crippen LogP) is 2.13. The molecule has 114 valence electrons. The van der Waals surface area contributed by atoms with Crippen molar-refractivity contribution in [2.24, 2.45) is 0 Å². The number of carbonyl (C=O) groups is 1. The molecule has 2 heterocycles. The van der Waals surface area contributed by atoms with E-state index in [1.54, 1.807) is 17.7 Å². The van der Waals surface area contributed by atoms with Gasteiger partial charge >= 0.3 is 0 Å². The van der Waals surface area contributed by atoms with Crippen LogP contribution in [-0.2, 0) is 6.54 Å². The Kier molecular flexibility index (Phi) is 3.50. The van der Waals surface area contributed by atoms with Crippen LogP contribution in [0.15, 0.2) is 24.3 Å². The fourth-order valence-electron chi connectivity index (χ4n) is 2.27. The minimum Gasteiger partial charge on any atom is -0.478 e. The van der Waals surface area contributed by atoms with E-state index in [-0.39, 0.29) is 17.3 Å². The van der Waals surface area contributed by atoms with E-state index in [2.05, 4.69) is 10.4 Å². The molecule has 8 nitrogen and oxygen atoms in total. The Bertz CT molecular complexity index is 730. The van der Waals surface area contributed by atoms with Crippen LogP contribution < -0.4 is 10.1 Å². The molecule has 0 spiro atoms. The number of nitro groups is 1. The molecule has 1 aliphatic heterocycles. The van der Waals surface area contributed by atoms with E-state index in [9.17, 15) is 14.9 Å². The average Bonchev–Trinajstić information content (AvgIpc) is 2.93. The van der Waals surface area contributed by atoms with Crippen LogP contribution >= 0.6 is 0 Å². The van der Waals surface area contributed by atoms with Crippen LogP contribution in [0.4, 0.5) is 11.4 Å². The van der Waals surface area contributed by atoms with Gasteiger partial charge in [-0.1, -0.05) is 0 Å². The van der Waals surface area contributed by atoms with Gasteiger partial charge < -0.3 is 10.1 Å². The molecule has 0 aliphatic carbocycles. The van der Waals surface area contributed by atoms with Crippen molar-refractivity contribution in [2.75, 3.05) is 11.9 Å². The minimum absolute atomic E-state index is 0.0126. The molecular weight excluding hydrogens is 288 g/mol. The highest BCUT2D eigenvalue weighted by molar-refractivity contribution is 6.03. The Balaban J connectivity index is 1.79. The van der Waals surface area contributed by atoms with Crippen molar-refractivity contribution in [3.05, 3.63) is 45.6 Å². The summed E-state index contributed by atoms with van der Waals surface area (Å²) in [4.78, 5) is 22.5. The molecule has 0 atom stereocenters. The molecule has 0 saturated carbocycles. The first-order valence-electron chi connectivity index (χ1n) is 6.81. The third-order valence-electron chi connectivity index (χ3n) is 3.41. The Morgan fingerprint density at radius 3 is 2.95 bits per heavy atom. The second-order valence-corrected chi connectivity index (χ2v) is 5.00. The van der Waals surface area contributed by atoms with Crippen LogP contribution in [-0.4, -0.2) is 27.2 Å². The molecule has 1 N–H and O–H groups in total. The zero-order valence-corrected chi connectivity index (χ0v) is 11.9. The smallest absolute Gasteiger partial charge is 0.276 e. The number of nitro benzene ring substituents is 1. The molecule has 22 heavy (non-hydrogen) atoms. The normalized spacial score (nSPS) is 13.1. The first-order valence-corrected chi connectivity index (χ1v) is 6.81. The molecule has 1 amide bonds. The summed E-state index contributed by atoms with van der Waals surface area (Å²) < 4.78 is 7.07. The number of nitrogens with zero attached hydrogens (tertiary/aromatic N) is 3. The summed E-state index contributed by atoms with van der Waals surface area (Å²) in [6.07, 6.45) is 0.858. The number of anilines is 1. The molecule has 0 bridgehead atoms. The molecule has 1 aromatic carbocycles. The topological polar surface area (TPSA) is 99.3 Å². The number of amides is 1. The summed E-state index contributed by atoms with van der Waals surface area (Å²) in [6, 6.07) is 5.87. The predicted molar refractivity (Wildman–Crippen MR) is 78.1 cm³/mol. The maximum absolute atomic E-state index is 12.2. The summed E-state index contributed by atoms with van der Waals surface area (Å²) in [7, 11) is 0. The van der Waals surface area contributed by atoms with E-state index in [4.69, 9.17) is 4.74 Å². The SMILES string of the molecule is Cc1cc([N+](=O)[O-])ccc1NC(=O)c1cc2n(n1)CCCO2. The zero-order chi connectivity index (χ0) is 15.7. The van der Waals surface area contributed by atoms with Gasteiger partial charge in [-0.25, -0.2) is 4.68 Å². The number of benzene rings is 1. The van der Waals surface area contributed by atoms with E-state index >= 15 is 0 Å². The lowest BCUT2D eigenvalue weighted by molar-refractivity contribution is -0.384. The van der Waals surface area contributed by atoms with Crippen molar-refractivity contribution in [1.29, 1.82) is 0 Å². The standard InChI is InChI=1S/C14H14N4O4/c1-9-7-10(18(20)21)3-4-11(9)15-14(19)12-8-13-17(16-12)5-2-6-22-13/h3-4,7-8H,2,5-6H2,1H3,(H,15,19). The Hall–Kier alpha value is -2.90. The van der Waals surface area contributed by atoms with Gasteiger partial charge in [0.1, 0.15) is 0 Å². The van der Waals surface area contributed by atoms with Gasteiger partial charge in [0.15, 0.2) is 5.69 Å². The number of aryl methyl sites for hydroxylation is 2. The first kappa shape index (κ1) is 14.1. The quantitative estimate of drug-likeness (QED) is 0.691. The monoisotopic (exact) mass is 302 g/mol. The maximum atomic E-state index is 12.2. The number of hydrogen-bond donors (Lipinski definition) is 1. The lowest BCUT2D eigenvalue weighted by Gasteiger charge is -2.13. The van der Waals surface area contributed by atoms with Gasteiger partial charge in [0, 0.05) is 36.9 Å². The van der Waals surface area contributed by atoms with Gasteiger partial charge in [0.2, 0.25) is 5.88 Å². The summed E-state index contributed by atoms with van der Waals surface area (Å²) in [5, 5.41) is 17.6. The molecule has 3 rings (SSSR count). The lowest BCUT2D eigenvalue weighted by atomic mass is 10.1. The number of rotatable bonds is 3. The summed E-state index contributed by atoms with van der Waals surface area (Å²) >= 11 is 0. The molecule has 0 unspecified atom stereocenters. The Morgan fingerprint density at radius 1 is 1.45 bits per heavy atom. The van der Waals surface area contributed by atoms with E-state index in [0.29, 0.717) is 23.7 Å². The molecule has 0 radical (unpaired) electrons. The highest BCUT2D eigenvalue weighted by Gasteiger charge is 2.19. The van der Waals surface area contributed by atoms with Crippen molar-refractivity contribution in [3.8, 4) is 5.88 Å². The largest absolute Gasteiger partial charge is 0.478 e. The van der Waals surface area contributed by atoms with Gasteiger partial charge in [0.25, 0.3) is 11.6 Å². The van der Waals surface area contributed by atoms with Gasteiger partial charge in [0.05, 0.1) is 11.5 Å². The van der Waals surface area contributed by atoms with Crippen LogP contribution in [0.25, 0.3) is 0 Å². The lowest BCUT2D eigenvalue weighted by Crippen LogP contribution is -2.16. The summed E-state index contributed by atoms with van der Waals surface area (Å²) in [6.45, 7) is 3.04. The third-order valence-corrected chi connectivity index (χ3v) is 3.41. The van der Waals surface area contributed by atoms with E-state index in [1.165, 1.54) is 18.2 Å². The van der Waals surface area contributed by atoms with Crippen molar-refractivity contribution in [2.45, 2.75) is 19.9 Å². The molecule has 1 aliphatic rings. The number of carbonyl (C=O) groups excluding carboxylic acids is 1. The van der Waals surface area contributed by atoms with E-state index in [0.717, 1.165) is 13.0 Å². The van der Waals surface area contributed by atoms with E-state index < -0.39 is 4.92 Å². The number of hydrogen-bond acceptors (Lipinski definition) is 5. The number of non-ortho nitro benzene ring substituents is 1. The maximum Gasteiger partial charge on any atom is 0.276 e. The third kappa shape index (κ3) is 2.62. The Morgan fingerprint density at radius 2 is 2.27 bits per heavy atom. The van der Waals surface area contributed by atoms with Crippen LogP contribution in [0.1, 0.15) is 22.5 Å². The molecular formula is C14H14N4O4. The second kappa shape index (κ2) is 5.47. The van der Waals surface area contributed by atoms with Crippen molar-refractivity contribution in [1.82, 2.24) is 9.78 Å². The van der Waals surface area contributed by atoms with Crippen molar-refractivity contribution in [3.63, 3.8) is 0 Å². The number of fused-ring (bicyclic) bond motifs is 1. The fraction of sp³-hybridized carbons (Fsp3) is 0.286. The minimum atomic E-state index is -0.473. The summed E-state index contributed by atoms with van der Waals surface area (Å²) in [5.41, 5.74) is 1.38. The number of ether oxygens (including phenoxy) is 1. The number of nitrogens with one attached hydrogen (secondary N) is 1. The fourth-order valence-corrected chi connectivity index (χ4v) is 2.27. The van der Waals surface area contributed by atoms with E-state index in [1.807, 2.05) is 0 Å². The van der Waals surface area contributed by atoms with Crippen molar-refractivity contribution < 1.29 is 14.5 Å². The highest BCUT2D eigenvalue weighted by atomic mass is 16.6. The number of aromatic nitrogens is 2. The van der Waals surface area contributed by atoms with Crippen LogP contribution in [0, 0.1) is 17.0 Å². The Labute approximate surface area is 125 Å². The van der Waals surface area contributed by atoms with Gasteiger partial charge in [-0.15, -0.1) is 0 Å². The molecule has 0 fully saturated rings. The van der Waals surface area contributed by atoms with Gasteiger partial charge in [-0.05, 0) is 18.6 Å². The molecule has 2 aromatic rings. The molecule has 8 heteroatoms. The molecule has 0 saturated heterocycles. The molecule has 1 aromatic heterocycles. The van der Waals surface area contributed by atoms with Crippen LogP contribution in [0.2, 0.25) is 0 Å². The van der Waals surface area contributed by atoms with Gasteiger partial charge in [-0.2, -0.15) is 5.10 Å². The second-order valence-electron chi connectivity index (χ2n) is 5.00. The van der Waals surface area contributed by atoms with Crippen LogP contribution in [0.5, 0.6) is 5.88 Å². The van der Waals surface area contributed by atoms with Gasteiger partial charge in [-0.3, -0.25) is 14.9 Å². The highest BCUT2D eigenvalue weighted by Crippen LogP contribution is 2.23. The van der Waals surface area contributed by atoms with Crippen molar-refractivity contribution >= 4 is 17.3 Å². The van der Waals surface area contributed by atoms with Crippen LogP contribution in [0.3, 0.4) is 0 Å². The first-order chi connectivity index (χ1) is 10.5.